The van der Waals surface area contributed by atoms with Crippen molar-refractivity contribution in [1.29, 1.82) is 0 Å². The molecule has 0 saturated carbocycles. The molecule has 0 aromatic rings. The van der Waals surface area contributed by atoms with Crippen LogP contribution in [0.4, 0.5) is 0 Å². The van der Waals surface area contributed by atoms with Crippen LogP contribution in [0.15, 0.2) is 0 Å². The Hall–Kier alpha value is -0.520. The van der Waals surface area contributed by atoms with Crippen LogP contribution in [0, 0.1) is 11.8 Å². The second kappa shape index (κ2) is 6.01. The van der Waals surface area contributed by atoms with Gasteiger partial charge in [-0.05, 0) is 39.4 Å². The Labute approximate surface area is 81.7 Å². The fourth-order valence-electron chi connectivity index (χ4n) is 1.85. The van der Waals surface area contributed by atoms with Crippen LogP contribution in [0.25, 0.3) is 0 Å². The van der Waals surface area contributed by atoms with Crippen molar-refractivity contribution in [3.63, 3.8) is 0 Å². The highest BCUT2D eigenvalue weighted by Crippen LogP contribution is 2.10. The maximum absolute atomic E-state index is 3.39. The van der Waals surface area contributed by atoms with E-state index < -0.39 is 0 Å². The summed E-state index contributed by atoms with van der Waals surface area (Å²) in [6.07, 6.45) is 2.55. The number of hydrogen-bond donors (Lipinski definition) is 1. The minimum absolute atomic E-state index is 0.757. The summed E-state index contributed by atoms with van der Waals surface area (Å²) in [5.74, 6) is 6.12. The normalized spacial score (nSPS) is 18.4. The van der Waals surface area contributed by atoms with Gasteiger partial charge in [0.15, 0.2) is 0 Å². The van der Waals surface area contributed by atoms with Crippen molar-refractivity contribution >= 4 is 0 Å². The molecule has 1 aliphatic rings. The van der Waals surface area contributed by atoms with Gasteiger partial charge in [0.1, 0.15) is 0 Å². The smallest absolute Gasteiger partial charge is 0.0603 e. The van der Waals surface area contributed by atoms with E-state index in [1.165, 1.54) is 25.9 Å². The van der Waals surface area contributed by atoms with Crippen molar-refractivity contribution < 1.29 is 0 Å². The molecule has 74 valence electrons. The number of rotatable bonds is 3. The van der Waals surface area contributed by atoms with E-state index in [0.29, 0.717) is 0 Å². The number of nitrogens with zero attached hydrogens (tertiary/aromatic N) is 1. The quantitative estimate of drug-likeness (QED) is 0.654. The molecule has 2 nitrogen and oxygen atoms in total. The molecule has 0 bridgehead atoms. The highest BCUT2D eigenvalue weighted by atomic mass is 15.2. The summed E-state index contributed by atoms with van der Waals surface area (Å²) < 4.78 is 0. The molecule has 0 aliphatic carbocycles. The molecule has 0 atom stereocenters. The zero-order chi connectivity index (χ0) is 9.52. The lowest BCUT2D eigenvalue weighted by molar-refractivity contribution is 0.190. The van der Waals surface area contributed by atoms with Crippen molar-refractivity contribution in [1.82, 2.24) is 10.2 Å². The monoisotopic (exact) mass is 180 g/mol. The summed E-state index contributed by atoms with van der Waals surface area (Å²) in [5.41, 5.74) is 0. The van der Waals surface area contributed by atoms with Gasteiger partial charge in [-0.2, -0.15) is 0 Å². The van der Waals surface area contributed by atoms with Crippen LogP contribution in [0.1, 0.15) is 26.7 Å². The van der Waals surface area contributed by atoms with Crippen molar-refractivity contribution in [2.45, 2.75) is 32.7 Å². The van der Waals surface area contributed by atoms with Gasteiger partial charge >= 0.3 is 0 Å². The molecule has 1 saturated heterocycles. The van der Waals surface area contributed by atoms with Gasteiger partial charge in [0.2, 0.25) is 0 Å². The fourth-order valence-corrected chi connectivity index (χ4v) is 1.85. The Balaban J connectivity index is 2.37. The van der Waals surface area contributed by atoms with E-state index in [9.17, 15) is 0 Å². The largest absolute Gasteiger partial charge is 0.317 e. The molecule has 1 rings (SSSR count). The van der Waals surface area contributed by atoms with Gasteiger partial charge in [-0.1, -0.05) is 12.8 Å². The Morgan fingerprint density at radius 1 is 1.38 bits per heavy atom. The van der Waals surface area contributed by atoms with Gasteiger partial charge in [0.05, 0.1) is 6.54 Å². The molecule has 2 heteroatoms. The van der Waals surface area contributed by atoms with E-state index in [2.05, 4.69) is 29.0 Å². The average Bonchev–Trinajstić information content (AvgIpc) is 2.21. The Kier molecular flexibility index (Phi) is 4.88. The highest BCUT2D eigenvalue weighted by Gasteiger charge is 2.18. The molecule has 1 aliphatic heterocycles. The highest BCUT2D eigenvalue weighted by molar-refractivity contribution is 4.98. The Bertz CT molecular complexity index is 184. The lowest BCUT2D eigenvalue weighted by Gasteiger charge is -2.32. The lowest BCUT2D eigenvalue weighted by atomic mass is 10.1. The second-order valence-electron chi connectivity index (χ2n) is 3.47. The van der Waals surface area contributed by atoms with Gasteiger partial charge in [-0.15, -0.1) is 5.92 Å². The van der Waals surface area contributed by atoms with Crippen LogP contribution in [0.2, 0.25) is 0 Å². The maximum atomic E-state index is 3.39. The van der Waals surface area contributed by atoms with E-state index in [1.54, 1.807) is 0 Å². The van der Waals surface area contributed by atoms with Crippen molar-refractivity contribution in [3.05, 3.63) is 0 Å². The Morgan fingerprint density at radius 3 is 2.62 bits per heavy atom. The second-order valence-corrected chi connectivity index (χ2v) is 3.47. The van der Waals surface area contributed by atoms with Crippen LogP contribution in [-0.2, 0) is 0 Å². The standard InChI is InChI=1S/C11H20N2/c1-3-5-10-13(4-2)11-6-8-12-9-7-11/h11-12H,4,6-10H2,1-2H3. The molecule has 0 radical (unpaired) electrons. The van der Waals surface area contributed by atoms with Crippen LogP contribution in [-0.4, -0.2) is 37.1 Å². The zero-order valence-corrected chi connectivity index (χ0v) is 8.77. The molecule has 0 amide bonds. The van der Waals surface area contributed by atoms with Crippen LogP contribution in [0.5, 0.6) is 0 Å². The summed E-state index contributed by atoms with van der Waals surface area (Å²) in [6, 6.07) is 0.757. The molecule has 0 unspecified atom stereocenters. The Morgan fingerprint density at radius 2 is 2.08 bits per heavy atom. The minimum Gasteiger partial charge on any atom is -0.317 e. The molecule has 0 aromatic heterocycles. The number of piperidine rings is 1. The molecule has 0 aromatic carbocycles. The summed E-state index contributed by atoms with van der Waals surface area (Å²) in [7, 11) is 0. The topological polar surface area (TPSA) is 15.3 Å². The molecule has 1 N–H and O–H groups in total. The van der Waals surface area contributed by atoms with Crippen LogP contribution in [0.3, 0.4) is 0 Å². The molecule has 13 heavy (non-hydrogen) atoms. The van der Waals surface area contributed by atoms with Crippen LogP contribution >= 0.6 is 0 Å². The van der Waals surface area contributed by atoms with E-state index >= 15 is 0 Å². The number of nitrogens with one attached hydrogen (secondary N) is 1. The van der Waals surface area contributed by atoms with Gasteiger partial charge in [0.25, 0.3) is 0 Å². The fraction of sp³-hybridized carbons (Fsp3) is 0.818. The molecule has 0 spiro atoms. The van der Waals surface area contributed by atoms with Crippen molar-refractivity contribution in [2.24, 2.45) is 0 Å². The summed E-state index contributed by atoms with van der Waals surface area (Å²) in [4.78, 5) is 2.48. The van der Waals surface area contributed by atoms with Crippen molar-refractivity contribution in [2.75, 3.05) is 26.2 Å². The SMILES string of the molecule is CC#CCN(CC)C1CCNCC1. The van der Waals surface area contributed by atoms with E-state index in [1.807, 2.05) is 6.92 Å². The maximum Gasteiger partial charge on any atom is 0.0603 e. The third kappa shape index (κ3) is 3.38. The van der Waals surface area contributed by atoms with E-state index in [4.69, 9.17) is 0 Å². The third-order valence-electron chi connectivity index (χ3n) is 2.69. The van der Waals surface area contributed by atoms with Gasteiger partial charge in [0, 0.05) is 6.04 Å². The number of hydrogen-bond acceptors (Lipinski definition) is 2. The van der Waals surface area contributed by atoms with Crippen molar-refractivity contribution in [3.8, 4) is 11.8 Å². The summed E-state index contributed by atoms with van der Waals surface area (Å²) in [6.45, 7) is 8.54. The molecule has 1 heterocycles. The van der Waals surface area contributed by atoms with Gasteiger partial charge in [-0.25, -0.2) is 0 Å². The summed E-state index contributed by atoms with van der Waals surface area (Å²) >= 11 is 0. The third-order valence-corrected chi connectivity index (χ3v) is 2.69. The average molecular weight is 180 g/mol. The first-order valence-electron chi connectivity index (χ1n) is 5.22. The van der Waals surface area contributed by atoms with E-state index in [-0.39, 0.29) is 0 Å². The van der Waals surface area contributed by atoms with E-state index in [0.717, 1.165) is 19.1 Å². The molecule has 1 fully saturated rings. The molecular formula is C11H20N2. The van der Waals surface area contributed by atoms with Gasteiger partial charge in [-0.3, -0.25) is 4.90 Å². The predicted molar refractivity (Wildman–Crippen MR) is 56.6 cm³/mol. The minimum atomic E-state index is 0.757. The summed E-state index contributed by atoms with van der Waals surface area (Å²) in [5, 5.41) is 3.39. The van der Waals surface area contributed by atoms with Gasteiger partial charge < -0.3 is 5.32 Å². The van der Waals surface area contributed by atoms with Crippen LogP contribution < -0.4 is 5.32 Å². The lowest BCUT2D eigenvalue weighted by Crippen LogP contribution is -2.43. The first kappa shape index (κ1) is 10.6. The molecular weight excluding hydrogens is 160 g/mol. The first-order valence-corrected chi connectivity index (χ1v) is 5.22. The predicted octanol–water partition coefficient (Wildman–Crippen LogP) is 1.08. The first-order chi connectivity index (χ1) is 6.38. The zero-order valence-electron chi connectivity index (χ0n) is 8.77.